The van der Waals surface area contributed by atoms with Gasteiger partial charge in [-0.2, -0.15) is 0 Å². The summed E-state index contributed by atoms with van der Waals surface area (Å²) in [5.41, 5.74) is 1.63. The minimum absolute atomic E-state index is 0.231. The first-order valence-corrected chi connectivity index (χ1v) is 6.68. The minimum atomic E-state index is -0.553. The van der Waals surface area contributed by atoms with Crippen molar-refractivity contribution in [1.29, 1.82) is 0 Å². The number of ether oxygens (including phenoxy) is 1. The number of nitrogens with one attached hydrogen (secondary N) is 1. The molecule has 5 heteroatoms. The number of aliphatic hydroxyl groups excluding tert-OH is 1. The number of fused-ring (bicyclic) bond motifs is 1. The van der Waals surface area contributed by atoms with Crippen LogP contribution in [0.4, 0.5) is 5.69 Å². The molecule has 0 spiro atoms. The molecule has 0 amide bonds. The smallest absolute Gasteiger partial charge is 0.124 e. The van der Waals surface area contributed by atoms with Gasteiger partial charge < -0.3 is 25.4 Å². The molecule has 1 aliphatic rings. The highest BCUT2D eigenvalue weighted by Gasteiger charge is 2.17. The molecule has 1 aromatic rings. The molecular weight excluding hydrogens is 244 g/mol. The largest absolute Gasteiger partial charge is 0.758 e. The van der Waals surface area contributed by atoms with Crippen molar-refractivity contribution in [2.24, 2.45) is 0 Å². The third-order valence-electron chi connectivity index (χ3n) is 3.13. The maximum atomic E-state index is 11.5. The van der Waals surface area contributed by atoms with Crippen LogP contribution < -0.4 is 15.1 Å². The van der Waals surface area contributed by atoms with Crippen LogP contribution in [0.25, 0.3) is 0 Å². The van der Waals surface area contributed by atoms with E-state index in [1.54, 1.807) is 6.07 Å². The predicted molar refractivity (Wildman–Crippen MR) is 75.5 cm³/mol. The van der Waals surface area contributed by atoms with Crippen molar-refractivity contribution < 1.29 is 9.84 Å². The van der Waals surface area contributed by atoms with Crippen LogP contribution in [0.15, 0.2) is 18.2 Å². The molecule has 1 aromatic carbocycles. The molecule has 1 unspecified atom stereocenters. The van der Waals surface area contributed by atoms with Gasteiger partial charge in [0, 0.05) is 30.4 Å². The second-order valence-electron chi connectivity index (χ2n) is 5.13. The van der Waals surface area contributed by atoms with Crippen molar-refractivity contribution >= 4 is 5.69 Å². The zero-order valence-electron chi connectivity index (χ0n) is 11.4. The van der Waals surface area contributed by atoms with E-state index in [4.69, 9.17) is 4.74 Å². The van der Waals surface area contributed by atoms with E-state index in [9.17, 15) is 10.3 Å². The normalized spacial score (nSPS) is 15.7. The molecule has 1 heterocycles. The van der Waals surface area contributed by atoms with Gasteiger partial charge in [0.25, 0.3) is 0 Å². The number of benzene rings is 1. The highest BCUT2D eigenvalue weighted by atomic mass is 16.5. The van der Waals surface area contributed by atoms with Crippen molar-refractivity contribution in [3.05, 3.63) is 29.0 Å². The minimum Gasteiger partial charge on any atom is -0.758 e. The first-order valence-electron chi connectivity index (χ1n) is 6.68. The van der Waals surface area contributed by atoms with Gasteiger partial charge in [-0.25, -0.2) is 0 Å². The van der Waals surface area contributed by atoms with Gasteiger partial charge in [0.2, 0.25) is 0 Å². The lowest BCUT2D eigenvalue weighted by Crippen LogP contribution is -2.35. The van der Waals surface area contributed by atoms with Gasteiger partial charge in [0.05, 0.1) is 0 Å². The molecule has 0 saturated heterocycles. The number of nitrogens with zero attached hydrogens (tertiary/aromatic N) is 1. The van der Waals surface area contributed by atoms with Gasteiger partial charge in [0.15, 0.2) is 0 Å². The van der Waals surface area contributed by atoms with E-state index in [1.807, 2.05) is 26.0 Å². The van der Waals surface area contributed by atoms with Crippen LogP contribution in [-0.4, -0.2) is 36.9 Å². The lowest BCUT2D eigenvalue weighted by Gasteiger charge is -2.25. The third-order valence-corrected chi connectivity index (χ3v) is 3.13. The maximum absolute atomic E-state index is 11.5. The van der Waals surface area contributed by atoms with E-state index in [0.717, 1.165) is 10.6 Å². The third kappa shape index (κ3) is 3.59. The van der Waals surface area contributed by atoms with Crippen LogP contribution in [0, 0.1) is 5.21 Å². The lowest BCUT2D eigenvalue weighted by molar-refractivity contribution is 0.104. The monoisotopic (exact) mass is 265 g/mol. The summed E-state index contributed by atoms with van der Waals surface area (Å²) in [6.07, 6.45) is 0.151. The summed E-state index contributed by atoms with van der Waals surface area (Å²) in [7, 11) is 0. The number of hydrogen-bond acceptors (Lipinski definition) is 5. The number of hydroxylamine groups is 1. The predicted octanol–water partition coefficient (Wildman–Crippen LogP) is 1.28. The Morgan fingerprint density at radius 3 is 3.00 bits per heavy atom. The lowest BCUT2D eigenvalue weighted by atomic mass is 10.1. The van der Waals surface area contributed by atoms with Crippen LogP contribution >= 0.6 is 0 Å². The molecule has 0 fully saturated rings. The molecule has 1 atom stereocenters. The Bertz CT molecular complexity index is 423. The Labute approximate surface area is 113 Å². The number of hydrogen-bond donors (Lipinski definition) is 2. The van der Waals surface area contributed by atoms with Crippen LogP contribution in [0.1, 0.15) is 19.4 Å². The van der Waals surface area contributed by atoms with Crippen LogP contribution in [0.3, 0.4) is 0 Å². The molecule has 5 nitrogen and oxygen atoms in total. The average molecular weight is 265 g/mol. The number of rotatable bonds is 6. The summed E-state index contributed by atoms with van der Waals surface area (Å²) in [6, 6.07) is 5.80. The number of anilines is 1. The zero-order chi connectivity index (χ0) is 13.8. The Balaban J connectivity index is 1.90. The van der Waals surface area contributed by atoms with E-state index in [2.05, 4.69) is 5.32 Å². The molecule has 0 bridgehead atoms. The molecule has 0 aromatic heterocycles. The van der Waals surface area contributed by atoms with E-state index in [1.165, 1.54) is 0 Å². The first-order chi connectivity index (χ1) is 9.08. The van der Waals surface area contributed by atoms with Gasteiger partial charge >= 0.3 is 0 Å². The van der Waals surface area contributed by atoms with Crippen molar-refractivity contribution in [2.45, 2.75) is 32.4 Å². The standard InChI is InChI=1S/C14H21N2O3/c1-10(2)15-8-11(17)9-19-14-5-3-4-13-12(14)6-7-16(13)18/h3-5,10-11,15,17H,6-9H2,1-2H3/q-1. The fourth-order valence-corrected chi connectivity index (χ4v) is 2.12. The Morgan fingerprint density at radius 1 is 1.47 bits per heavy atom. The zero-order valence-corrected chi connectivity index (χ0v) is 11.4. The van der Waals surface area contributed by atoms with Gasteiger partial charge in [-0.15, -0.1) is 0 Å². The van der Waals surface area contributed by atoms with Crippen molar-refractivity contribution in [2.75, 3.05) is 24.8 Å². The average Bonchev–Trinajstić information content (AvgIpc) is 2.76. The van der Waals surface area contributed by atoms with E-state index in [0.29, 0.717) is 37.0 Å². The molecule has 1 aliphatic heterocycles. The fraction of sp³-hybridized carbons (Fsp3) is 0.571. The number of aliphatic hydroxyl groups is 1. The first kappa shape index (κ1) is 14.1. The van der Waals surface area contributed by atoms with Gasteiger partial charge in [0.1, 0.15) is 18.5 Å². The summed E-state index contributed by atoms with van der Waals surface area (Å²) >= 11 is 0. The van der Waals surface area contributed by atoms with E-state index in [-0.39, 0.29) is 6.61 Å². The van der Waals surface area contributed by atoms with Crippen LogP contribution in [-0.2, 0) is 6.42 Å². The van der Waals surface area contributed by atoms with Gasteiger partial charge in [-0.05, 0) is 18.6 Å². The summed E-state index contributed by atoms with van der Waals surface area (Å²) in [6.45, 7) is 5.27. The molecule has 19 heavy (non-hydrogen) atoms. The fourth-order valence-electron chi connectivity index (χ4n) is 2.12. The van der Waals surface area contributed by atoms with E-state index >= 15 is 0 Å². The molecule has 106 valence electrons. The molecule has 2 rings (SSSR count). The highest BCUT2D eigenvalue weighted by Crippen LogP contribution is 2.34. The maximum Gasteiger partial charge on any atom is 0.124 e. The summed E-state index contributed by atoms with van der Waals surface area (Å²) in [4.78, 5) is 0. The highest BCUT2D eigenvalue weighted by molar-refractivity contribution is 5.63. The van der Waals surface area contributed by atoms with Crippen molar-refractivity contribution in [3.63, 3.8) is 0 Å². The van der Waals surface area contributed by atoms with E-state index < -0.39 is 6.10 Å². The SMILES string of the molecule is CC(C)NCC(O)COc1cccc2c1CCN2[O-]. The Kier molecular flexibility index (Phi) is 4.63. The molecule has 2 N–H and O–H groups in total. The summed E-state index contributed by atoms with van der Waals surface area (Å²) in [5, 5.41) is 25.5. The second kappa shape index (κ2) is 6.23. The molecule has 0 saturated carbocycles. The van der Waals surface area contributed by atoms with Crippen LogP contribution in [0.5, 0.6) is 5.75 Å². The van der Waals surface area contributed by atoms with Gasteiger partial charge in [-0.3, -0.25) is 0 Å². The Hall–Kier alpha value is -1.30. The second-order valence-corrected chi connectivity index (χ2v) is 5.13. The Morgan fingerprint density at radius 2 is 2.26 bits per heavy atom. The molecule has 0 aliphatic carbocycles. The molecule has 0 radical (unpaired) electrons. The van der Waals surface area contributed by atoms with Crippen molar-refractivity contribution in [1.82, 2.24) is 5.32 Å². The van der Waals surface area contributed by atoms with Gasteiger partial charge in [-0.1, -0.05) is 19.9 Å². The van der Waals surface area contributed by atoms with Crippen LogP contribution in [0.2, 0.25) is 0 Å². The quantitative estimate of drug-likeness (QED) is 0.811. The molecular formula is C14H21N2O3-. The summed E-state index contributed by atoms with van der Waals surface area (Å²) < 4.78 is 5.64. The van der Waals surface area contributed by atoms with Crippen molar-refractivity contribution in [3.8, 4) is 5.75 Å². The summed E-state index contributed by atoms with van der Waals surface area (Å²) in [5.74, 6) is 0.708. The topological polar surface area (TPSA) is 67.8 Å².